The van der Waals surface area contributed by atoms with Crippen molar-refractivity contribution in [3.63, 3.8) is 0 Å². The maximum atomic E-state index is 5.92. The lowest BCUT2D eigenvalue weighted by atomic mass is 10.1. The monoisotopic (exact) mass is 333 g/mol. The van der Waals surface area contributed by atoms with Crippen LogP contribution >= 0.6 is 15.9 Å². The Kier molecular flexibility index (Phi) is 3.42. The van der Waals surface area contributed by atoms with Crippen molar-refractivity contribution in [3.8, 4) is 11.4 Å². The Bertz CT molecular complexity index is 770. The maximum Gasteiger partial charge on any atom is 0.165 e. The smallest absolute Gasteiger partial charge is 0.165 e. The summed E-state index contributed by atoms with van der Waals surface area (Å²) in [5.41, 5.74) is 8.24. The van der Waals surface area contributed by atoms with Crippen LogP contribution in [0.15, 0.2) is 39.4 Å². The molecule has 3 rings (SSSR count). The highest BCUT2D eigenvalue weighted by atomic mass is 79.9. The Morgan fingerprint density at radius 3 is 2.90 bits per heavy atom. The first-order valence-electron chi connectivity index (χ1n) is 5.98. The molecule has 5 nitrogen and oxygen atoms in total. The molecule has 20 heavy (non-hydrogen) atoms. The van der Waals surface area contributed by atoms with E-state index in [0.29, 0.717) is 28.4 Å². The molecule has 0 aliphatic rings. The highest BCUT2D eigenvalue weighted by Crippen LogP contribution is 2.31. The van der Waals surface area contributed by atoms with E-state index in [0.717, 1.165) is 16.5 Å². The van der Waals surface area contributed by atoms with E-state index in [1.165, 1.54) is 0 Å². The predicted octanol–water partition coefficient (Wildman–Crippen LogP) is 3.38. The zero-order valence-electron chi connectivity index (χ0n) is 10.8. The number of para-hydroxylation sites is 1. The topological polar surface area (TPSA) is 74.2 Å². The van der Waals surface area contributed by atoms with Gasteiger partial charge in [-0.15, -0.1) is 0 Å². The maximum absolute atomic E-state index is 5.92. The van der Waals surface area contributed by atoms with Gasteiger partial charge in [0.2, 0.25) is 0 Å². The number of nitrogen functional groups attached to an aromatic ring is 1. The van der Waals surface area contributed by atoms with Crippen LogP contribution in [0.1, 0.15) is 5.69 Å². The molecular formula is C14H12BrN3O2. The van der Waals surface area contributed by atoms with Crippen LogP contribution in [-0.4, -0.2) is 17.1 Å². The number of nitrogens with two attached hydrogens (primary N) is 1. The molecule has 2 heterocycles. The van der Waals surface area contributed by atoms with Crippen LogP contribution in [0.4, 0.5) is 5.82 Å². The summed E-state index contributed by atoms with van der Waals surface area (Å²) in [6.45, 7) is 0.357. The number of aromatic nitrogens is 2. The van der Waals surface area contributed by atoms with E-state index in [-0.39, 0.29) is 0 Å². The second-order valence-corrected chi connectivity index (χ2v) is 5.06. The van der Waals surface area contributed by atoms with Crippen LogP contribution in [0.5, 0.6) is 0 Å². The van der Waals surface area contributed by atoms with Gasteiger partial charge in [-0.3, -0.25) is 0 Å². The normalized spacial score (nSPS) is 11.1. The highest BCUT2D eigenvalue weighted by molar-refractivity contribution is 9.10. The van der Waals surface area contributed by atoms with Gasteiger partial charge in [-0.1, -0.05) is 18.2 Å². The summed E-state index contributed by atoms with van der Waals surface area (Å²) < 4.78 is 11.3. The van der Waals surface area contributed by atoms with Gasteiger partial charge in [-0.25, -0.2) is 9.97 Å². The minimum Gasteiger partial charge on any atom is -0.464 e. The van der Waals surface area contributed by atoms with E-state index in [1.807, 2.05) is 24.3 Å². The van der Waals surface area contributed by atoms with Crippen molar-refractivity contribution in [2.45, 2.75) is 6.61 Å². The first-order valence-corrected chi connectivity index (χ1v) is 6.77. The Labute approximate surface area is 123 Å². The minimum absolute atomic E-state index is 0.357. The van der Waals surface area contributed by atoms with Gasteiger partial charge in [0.05, 0.1) is 22.3 Å². The minimum atomic E-state index is 0.357. The van der Waals surface area contributed by atoms with Gasteiger partial charge in [0.1, 0.15) is 17.7 Å². The molecule has 0 radical (unpaired) electrons. The van der Waals surface area contributed by atoms with Crippen molar-refractivity contribution >= 4 is 32.7 Å². The Morgan fingerprint density at radius 1 is 1.30 bits per heavy atom. The number of benzene rings is 1. The molecule has 0 fully saturated rings. The van der Waals surface area contributed by atoms with E-state index in [9.17, 15) is 0 Å². The van der Waals surface area contributed by atoms with Gasteiger partial charge in [-0.2, -0.15) is 0 Å². The molecule has 0 aliphatic heterocycles. The van der Waals surface area contributed by atoms with Crippen molar-refractivity contribution in [2.75, 3.05) is 12.8 Å². The Morgan fingerprint density at radius 2 is 2.10 bits per heavy atom. The van der Waals surface area contributed by atoms with Crippen molar-refractivity contribution in [1.82, 2.24) is 9.97 Å². The first-order chi connectivity index (χ1) is 9.70. The second kappa shape index (κ2) is 5.22. The van der Waals surface area contributed by atoms with Crippen molar-refractivity contribution in [1.29, 1.82) is 0 Å². The molecule has 0 bridgehead atoms. The molecule has 0 amide bonds. The number of hydrogen-bond acceptors (Lipinski definition) is 5. The molecule has 2 aromatic heterocycles. The SMILES string of the molecule is COCc1nc(-c2coc3ccccc23)nc(N)c1Br. The van der Waals surface area contributed by atoms with Crippen LogP contribution in [0.3, 0.4) is 0 Å². The number of methoxy groups -OCH3 is 1. The number of nitrogens with zero attached hydrogens (tertiary/aromatic N) is 2. The molecular weight excluding hydrogens is 322 g/mol. The molecule has 0 saturated carbocycles. The fraction of sp³-hybridized carbons (Fsp3) is 0.143. The summed E-state index contributed by atoms with van der Waals surface area (Å²) in [6, 6.07) is 7.73. The molecule has 2 N–H and O–H groups in total. The summed E-state index contributed by atoms with van der Waals surface area (Å²) in [6.07, 6.45) is 1.64. The molecule has 6 heteroatoms. The predicted molar refractivity (Wildman–Crippen MR) is 80.1 cm³/mol. The van der Waals surface area contributed by atoms with E-state index in [4.69, 9.17) is 14.9 Å². The second-order valence-electron chi connectivity index (χ2n) is 4.27. The van der Waals surface area contributed by atoms with Crippen LogP contribution < -0.4 is 5.73 Å². The summed E-state index contributed by atoms with van der Waals surface area (Å²) in [4.78, 5) is 8.80. The largest absolute Gasteiger partial charge is 0.464 e. The lowest BCUT2D eigenvalue weighted by Crippen LogP contribution is -2.03. The third-order valence-corrected chi connectivity index (χ3v) is 3.81. The zero-order chi connectivity index (χ0) is 14.1. The number of fused-ring (bicyclic) bond motifs is 1. The number of ether oxygens (including phenoxy) is 1. The van der Waals surface area contributed by atoms with Gasteiger partial charge >= 0.3 is 0 Å². The van der Waals surface area contributed by atoms with Crippen LogP contribution in [0.25, 0.3) is 22.4 Å². The van der Waals surface area contributed by atoms with Gasteiger partial charge < -0.3 is 14.9 Å². The van der Waals surface area contributed by atoms with Gasteiger partial charge in [0.25, 0.3) is 0 Å². The third-order valence-electron chi connectivity index (χ3n) is 2.95. The van der Waals surface area contributed by atoms with E-state index in [1.54, 1.807) is 13.4 Å². The number of hydrogen-bond donors (Lipinski definition) is 1. The lowest BCUT2D eigenvalue weighted by Gasteiger charge is -2.07. The number of halogens is 1. The van der Waals surface area contributed by atoms with E-state index < -0.39 is 0 Å². The number of rotatable bonds is 3. The average molecular weight is 334 g/mol. The van der Waals surface area contributed by atoms with Gasteiger partial charge in [-0.05, 0) is 22.0 Å². The highest BCUT2D eigenvalue weighted by Gasteiger charge is 2.15. The molecule has 0 aliphatic carbocycles. The number of furan rings is 1. The van der Waals surface area contributed by atoms with Crippen molar-refractivity contribution < 1.29 is 9.15 Å². The molecule has 0 saturated heterocycles. The quantitative estimate of drug-likeness (QED) is 0.795. The Hall–Kier alpha value is -1.92. The van der Waals surface area contributed by atoms with Crippen LogP contribution in [0.2, 0.25) is 0 Å². The lowest BCUT2D eigenvalue weighted by molar-refractivity contribution is 0.181. The van der Waals surface area contributed by atoms with Crippen LogP contribution in [-0.2, 0) is 11.3 Å². The summed E-state index contributed by atoms with van der Waals surface area (Å²) in [7, 11) is 1.61. The average Bonchev–Trinajstić information content (AvgIpc) is 2.88. The van der Waals surface area contributed by atoms with Crippen molar-refractivity contribution in [2.24, 2.45) is 0 Å². The summed E-state index contributed by atoms with van der Waals surface area (Å²) in [5.74, 6) is 0.912. The Balaban J connectivity index is 2.19. The molecule has 0 unspecified atom stereocenters. The molecule has 0 spiro atoms. The summed E-state index contributed by atoms with van der Waals surface area (Å²) in [5, 5.41) is 0.956. The first kappa shape index (κ1) is 13.1. The van der Waals surface area contributed by atoms with E-state index in [2.05, 4.69) is 25.9 Å². The fourth-order valence-corrected chi connectivity index (χ4v) is 2.31. The standard InChI is InChI=1S/C14H12BrN3O2/c1-19-7-10-12(15)13(16)18-14(17-10)9-6-20-11-5-3-2-4-8(9)11/h2-6H,7H2,1H3,(H2,16,17,18). The summed E-state index contributed by atoms with van der Waals surface area (Å²) >= 11 is 3.37. The zero-order valence-corrected chi connectivity index (χ0v) is 12.3. The van der Waals surface area contributed by atoms with Gasteiger partial charge in [0.15, 0.2) is 5.82 Å². The fourth-order valence-electron chi connectivity index (χ4n) is 2.02. The molecule has 0 atom stereocenters. The van der Waals surface area contributed by atoms with Gasteiger partial charge in [0, 0.05) is 12.5 Å². The van der Waals surface area contributed by atoms with Crippen LogP contribution in [0, 0.1) is 0 Å². The molecule has 1 aromatic carbocycles. The van der Waals surface area contributed by atoms with Crippen molar-refractivity contribution in [3.05, 3.63) is 40.7 Å². The molecule has 102 valence electrons. The molecule has 3 aromatic rings. The van der Waals surface area contributed by atoms with E-state index >= 15 is 0 Å². The number of anilines is 1. The third kappa shape index (κ3) is 2.17.